The normalized spacial score (nSPS) is 11.7. The molecule has 2 N–H and O–H groups in total. The number of aromatic nitrogens is 2. The second-order valence-electron chi connectivity index (χ2n) is 8.09. The molecule has 0 radical (unpaired) electrons. The number of nitrogens with zero attached hydrogens (tertiary/aromatic N) is 2. The zero-order chi connectivity index (χ0) is 25.1. The third-order valence-corrected chi connectivity index (χ3v) is 5.38. The van der Waals surface area contributed by atoms with Gasteiger partial charge in [-0.2, -0.15) is 23.4 Å². The summed E-state index contributed by atoms with van der Waals surface area (Å²) >= 11 is 0. The van der Waals surface area contributed by atoms with Crippen LogP contribution in [0.15, 0.2) is 59.7 Å². The van der Waals surface area contributed by atoms with Crippen LogP contribution in [0.2, 0.25) is 0 Å². The summed E-state index contributed by atoms with van der Waals surface area (Å²) in [5.74, 6) is 0.146. The Balaban J connectivity index is 1.51. The van der Waals surface area contributed by atoms with Crippen LogP contribution in [0.25, 0.3) is 11.3 Å². The summed E-state index contributed by atoms with van der Waals surface area (Å²) in [6.07, 6.45) is 3.65. The molecule has 0 aliphatic heterocycles. The number of amides is 1. The van der Waals surface area contributed by atoms with E-state index in [4.69, 9.17) is 4.74 Å². The van der Waals surface area contributed by atoms with Gasteiger partial charge in [0.15, 0.2) is 0 Å². The van der Waals surface area contributed by atoms with Gasteiger partial charge in [-0.3, -0.25) is 9.89 Å². The first-order valence-electron chi connectivity index (χ1n) is 11.7. The molecule has 0 unspecified atom stereocenters. The number of hydrogen-bond acceptors (Lipinski definition) is 4. The van der Waals surface area contributed by atoms with Crippen molar-refractivity contribution in [3.8, 4) is 17.0 Å². The monoisotopic (exact) mass is 486 g/mol. The second kappa shape index (κ2) is 12.7. The molecule has 2 aromatic carbocycles. The molecule has 3 rings (SSSR count). The van der Waals surface area contributed by atoms with Crippen molar-refractivity contribution in [1.29, 1.82) is 0 Å². The van der Waals surface area contributed by atoms with E-state index < -0.39 is 17.6 Å². The fourth-order valence-corrected chi connectivity index (χ4v) is 3.47. The third kappa shape index (κ3) is 7.98. The summed E-state index contributed by atoms with van der Waals surface area (Å²) < 4.78 is 44.9. The summed E-state index contributed by atoms with van der Waals surface area (Å²) in [6, 6.07) is 13.9. The maximum absolute atomic E-state index is 13.0. The number of nitrogens with one attached hydrogen (secondary N) is 2. The van der Waals surface area contributed by atoms with Gasteiger partial charge in [0.1, 0.15) is 11.4 Å². The maximum Gasteiger partial charge on any atom is 0.417 e. The van der Waals surface area contributed by atoms with E-state index in [0.29, 0.717) is 12.3 Å². The van der Waals surface area contributed by atoms with E-state index in [-0.39, 0.29) is 11.3 Å². The van der Waals surface area contributed by atoms with Crippen LogP contribution >= 0.6 is 0 Å². The topological polar surface area (TPSA) is 79.4 Å². The Labute approximate surface area is 202 Å². The Kier molecular flexibility index (Phi) is 9.46. The van der Waals surface area contributed by atoms with E-state index >= 15 is 0 Å². The molecule has 9 heteroatoms. The third-order valence-electron chi connectivity index (χ3n) is 5.38. The number of alkyl halides is 3. The van der Waals surface area contributed by atoms with Crippen LogP contribution < -0.4 is 10.2 Å². The molecule has 0 aliphatic rings. The van der Waals surface area contributed by atoms with E-state index in [1.54, 1.807) is 6.07 Å². The summed E-state index contributed by atoms with van der Waals surface area (Å²) in [7, 11) is 0. The number of aromatic amines is 1. The minimum absolute atomic E-state index is 0.129. The van der Waals surface area contributed by atoms with E-state index in [1.807, 2.05) is 24.3 Å². The Morgan fingerprint density at radius 2 is 1.77 bits per heavy atom. The Hall–Kier alpha value is -3.62. The number of ether oxygens (including phenoxy) is 1. The van der Waals surface area contributed by atoms with Gasteiger partial charge in [0, 0.05) is 11.1 Å². The van der Waals surface area contributed by atoms with Gasteiger partial charge in [-0.25, -0.2) is 5.43 Å². The smallest absolute Gasteiger partial charge is 0.417 e. The highest BCUT2D eigenvalue weighted by atomic mass is 19.4. The molecule has 0 spiro atoms. The molecule has 0 aliphatic carbocycles. The number of halogens is 3. The van der Waals surface area contributed by atoms with Crippen LogP contribution in [0.5, 0.6) is 5.75 Å². The van der Waals surface area contributed by atoms with Crippen molar-refractivity contribution < 1.29 is 22.7 Å². The Morgan fingerprint density at radius 1 is 1.06 bits per heavy atom. The molecule has 0 fully saturated rings. The van der Waals surface area contributed by atoms with E-state index in [1.165, 1.54) is 43.9 Å². The highest BCUT2D eigenvalue weighted by molar-refractivity contribution is 5.94. The number of rotatable bonds is 12. The second-order valence-corrected chi connectivity index (χ2v) is 8.09. The first-order chi connectivity index (χ1) is 16.9. The first kappa shape index (κ1) is 26.0. The zero-order valence-electron chi connectivity index (χ0n) is 19.6. The molecular weight excluding hydrogens is 457 g/mol. The van der Waals surface area contributed by atoms with Crippen molar-refractivity contribution in [2.45, 2.75) is 51.6 Å². The SMILES string of the molecule is CCCCCCCCOc1ccc(-c2cc(C(=O)N/N=C/c3ccccc3C(F)(F)F)[nH]n2)cc1. The average molecular weight is 487 g/mol. The molecular formula is C26H29F3N4O2. The highest BCUT2D eigenvalue weighted by Gasteiger charge is 2.32. The molecule has 0 bridgehead atoms. The number of carbonyl (C=O) groups excluding carboxylic acids is 1. The lowest BCUT2D eigenvalue weighted by molar-refractivity contribution is -0.137. The summed E-state index contributed by atoms with van der Waals surface area (Å²) in [5.41, 5.74) is 2.70. The zero-order valence-corrected chi connectivity index (χ0v) is 19.6. The van der Waals surface area contributed by atoms with Crippen LogP contribution in [0.1, 0.15) is 67.1 Å². The minimum Gasteiger partial charge on any atom is -0.494 e. The quantitative estimate of drug-likeness (QED) is 0.172. The number of hydrogen-bond donors (Lipinski definition) is 2. The van der Waals surface area contributed by atoms with Crippen LogP contribution in [0.3, 0.4) is 0 Å². The van der Waals surface area contributed by atoms with Crippen LogP contribution in [0.4, 0.5) is 13.2 Å². The Morgan fingerprint density at radius 3 is 2.51 bits per heavy atom. The largest absolute Gasteiger partial charge is 0.494 e. The van der Waals surface area contributed by atoms with Gasteiger partial charge >= 0.3 is 6.18 Å². The van der Waals surface area contributed by atoms with Gasteiger partial charge in [-0.1, -0.05) is 57.2 Å². The number of hydrazone groups is 1. The summed E-state index contributed by atoms with van der Waals surface area (Å²) in [4.78, 5) is 12.3. The van der Waals surface area contributed by atoms with E-state index in [9.17, 15) is 18.0 Å². The van der Waals surface area contributed by atoms with Gasteiger partial charge < -0.3 is 4.74 Å². The van der Waals surface area contributed by atoms with Gasteiger partial charge in [-0.05, 0) is 42.8 Å². The van der Waals surface area contributed by atoms with Gasteiger partial charge in [0.2, 0.25) is 0 Å². The molecule has 1 heterocycles. The number of H-pyrrole nitrogens is 1. The molecule has 35 heavy (non-hydrogen) atoms. The predicted molar refractivity (Wildman–Crippen MR) is 129 cm³/mol. The fourth-order valence-electron chi connectivity index (χ4n) is 3.47. The highest BCUT2D eigenvalue weighted by Crippen LogP contribution is 2.31. The van der Waals surface area contributed by atoms with Crippen LogP contribution in [0, 0.1) is 0 Å². The van der Waals surface area contributed by atoms with Crippen LogP contribution in [-0.4, -0.2) is 28.9 Å². The number of unbranched alkanes of at least 4 members (excludes halogenated alkanes) is 5. The predicted octanol–water partition coefficient (Wildman–Crippen LogP) is 6.60. The van der Waals surface area contributed by atoms with Crippen molar-refractivity contribution in [2.75, 3.05) is 6.61 Å². The van der Waals surface area contributed by atoms with Crippen molar-refractivity contribution in [3.63, 3.8) is 0 Å². The number of benzene rings is 2. The first-order valence-corrected chi connectivity index (χ1v) is 11.7. The molecule has 0 atom stereocenters. The Bertz CT molecular complexity index is 1110. The lowest BCUT2D eigenvalue weighted by Gasteiger charge is -2.09. The number of carbonyl (C=O) groups is 1. The van der Waals surface area contributed by atoms with Crippen molar-refractivity contribution in [3.05, 3.63) is 71.4 Å². The van der Waals surface area contributed by atoms with Gasteiger partial charge in [0.05, 0.1) is 24.1 Å². The maximum atomic E-state index is 13.0. The molecule has 0 saturated carbocycles. The van der Waals surface area contributed by atoms with Gasteiger partial charge in [0.25, 0.3) is 5.91 Å². The lowest BCUT2D eigenvalue weighted by atomic mass is 10.1. The van der Waals surface area contributed by atoms with E-state index in [2.05, 4.69) is 27.6 Å². The van der Waals surface area contributed by atoms with Crippen LogP contribution in [-0.2, 0) is 6.18 Å². The van der Waals surface area contributed by atoms with E-state index in [0.717, 1.165) is 36.4 Å². The van der Waals surface area contributed by atoms with Crippen molar-refractivity contribution >= 4 is 12.1 Å². The average Bonchev–Trinajstić information content (AvgIpc) is 3.34. The molecule has 1 aromatic heterocycles. The fraction of sp³-hybridized carbons (Fsp3) is 0.346. The van der Waals surface area contributed by atoms with Gasteiger partial charge in [-0.15, -0.1) is 0 Å². The molecule has 186 valence electrons. The standard InChI is InChI=1S/C26H29F3N4O2/c1-2-3-4-5-6-9-16-35-21-14-12-19(13-15-21)23-17-24(32-31-23)25(34)33-30-18-20-10-7-8-11-22(20)26(27,28)29/h7-8,10-15,17-18H,2-6,9,16H2,1H3,(H,31,32)(H,33,34)/b30-18+. The molecule has 1 amide bonds. The minimum atomic E-state index is -4.51. The molecule has 0 saturated heterocycles. The lowest BCUT2D eigenvalue weighted by Crippen LogP contribution is -2.18. The molecule has 3 aromatic rings. The summed E-state index contributed by atoms with van der Waals surface area (Å²) in [5, 5.41) is 10.4. The summed E-state index contributed by atoms with van der Waals surface area (Å²) in [6.45, 7) is 2.87. The van der Waals surface area contributed by atoms with Crippen molar-refractivity contribution in [1.82, 2.24) is 15.6 Å². The van der Waals surface area contributed by atoms with Crippen molar-refractivity contribution in [2.24, 2.45) is 5.10 Å². The molecule has 6 nitrogen and oxygen atoms in total.